The van der Waals surface area contributed by atoms with Crippen molar-refractivity contribution in [2.24, 2.45) is 0 Å². The third-order valence-corrected chi connectivity index (χ3v) is 5.55. The van der Waals surface area contributed by atoms with Gasteiger partial charge in [0.1, 0.15) is 11.6 Å². The van der Waals surface area contributed by atoms with Crippen molar-refractivity contribution in [3.63, 3.8) is 0 Å². The number of amides is 1. The van der Waals surface area contributed by atoms with Gasteiger partial charge in [-0.15, -0.1) is 0 Å². The molecule has 32 heavy (non-hydrogen) atoms. The highest BCUT2D eigenvalue weighted by molar-refractivity contribution is 6.04. The van der Waals surface area contributed by atoms with Crippen molar-refractivity contribution < 1.29 is 9.21 Å². The van der Waals surface area contributed by atoms with E-state index in [2.05, 4.69) is 42.1 Å². The van der Waals surface area contributed by atoms with Gasteiger partial charge in [0, 0.05) is 62.0 Å². The predicted octanol–water partition coefficient (Wildman–Crippen LogP) is 2.99. The SMILES string of the molecule is Cc1ncc(-c2cnc3cnc(NC(=O)c4ccnc(N5CCN(C)CC5)c4)cc3c2)o1. The fraction of sp³-hybridized carbons (Fsp3) is 0.261. The Morgan fingerprint density at radius 3 is 2.62 bits per heavy atom. The third-order valence-electron chi connectivity index (χ3n) is 5.55. The van der Waals surface area contributed by atoms with Gasteiger partial charge in [0.15, 0.2) is 11.7 Å². The zero-order valence-corrected chi connectivity index (χ0v) is 17.9. The molecular weight excluding hydrogens is 406 g/mol. The highest BCUT2D eigenvalue weighted by Crippen LogP contribution is 2.24. The van der Waals surface area contributed by atoms with E-state index in [1.807, 2.05) is 12.1 Å². The van der Waals surface area contributed by atoms with Crippen molar-refractivity contribution in [2.45, 2.75) is 6.92 Å². The molecule has 0 radical (unpaired) electrons. The molecule has 5 heterocycles. The molecule has 1 aliphatic rings. The van der Waals surface area contributed by atoms with Gasteiger partial charge in [-0.2, -0.15) is 0 Å². The Balaban J connectivity index is 1.36. The van der Waals surface area contributed by atoms with Crippen LogP contribution in [0.3, 0.4) is 0 Å². The van der Waals surface area contributed by atoms with Crippen LogP contribution in [0.15, 0.2) is 53.5 Å². The minimum atomic E-state index is -0.232. The lowest BCUT2D eigenvalue weighted by atomic mass is 10.1. The summed E-state index contributed by atoms with van der Waals surface area (Å²) < 4.78 is 5.59. The van der Waals surface area contributed by atoms with Crippen LogP contribution < -0.4 is 10.2 Å². The summed E-state index contributed by atoms with van der Waals surface area (Å²) in [7, 11) is 2.11. The Kier molecular flexibility index (Phi) is 5.24. The average molecular weight is 429 g/mol. The number of oxazole rings is 1. The number of likely N-dealkylation sites (N-methyl/N-ethyl adjacent to an activating group) is 1. The fourth-order valence-electron chi connectivity index (χ4n) is 3.69. The summed E-state index contributed by atoms with van der Waals surface area (Å²) in [5.74, 6) is 2.27. The highest BCUT2D eigenvalue weighted by atomic mass is 16.4. The van der Waals surface area contributed by atoms with E-state index in [-0.39, 0.29) is 5.91 Å². The van der Waals surface area contributed by atoms with Crippen molar-refractivity contribution in [2.75, 3.05) is 43.4 Å². The highest BCUT2D eigenvalue weighted by Gasteiger charge is 2.17. The van der Waals surface area contributed by atoms with Gasteiger partial charge in [0.05, 0.1) is 17.9 Å². The van der Waals surface area contributed by atoms with Crippen LogP contribution in [-0.4, -0.2) is 64.0 Å². The maximum Gasteiger partial charge on any atom is 0.257 e. The molecule has 4 aromatic heterocycles. The molecule has 0 unspecified atom stereocenters. The largest absolute Gasteiger partial charge is 0.441 e. The number of hydrogen-bond acceptors (Lipinski definition) is 8. The summed E-state index contributed by atoms with van der Waals surface area (Å²) in [5, 5.41) is 3.73. The molecule has 1 amide bonds. The lowest BCUT2D eigenvalue weighted by Crippen LogP contribution is -2.44. The molecule has 1 saturated heterocycles. The standard InChI is InChI=1S/C23H23N7O2/c1-15-25-14-20(32-15)18-9-17-10-21(27-13-19(17)26-12-18)28-23(31)16-3-4-24-22(11-16)30-7-5-29(2)6-8-30/h3-4,9-14H,5-8H2,1-2H3,(H,27,28,31). The molecule has 0 saturated carbocycles. The first-order chi connectivity index (χ1) is 15.5. The second kappa shape index (κ2) is 8.35. The van der Waals surface area contributed by atoms with Gasteiger partial charge in [-0.25, -0.2) is 15.0 Å². The Labute approximate surface area is 185 Å². The van der Waals surface area contributed by atoms with Crippen LogP contribution in [0.25, 0.3) is 22.2 Å². The fourth-order valence-corrected chi connectivity index (χ4v) is 3.69. The molecule has 0 spiro atoms. The maximum absolute atomic E-state index is 12.9. The second-order valence-electron chi connectivity index (χ2n) is 7.88. The van der Waals surface area contributed by atoms with E-state index in [9.17, 15) is 4.79 Å². The van der Waals surface area contributed by atoms with Gasteiger partial charge in [0.25, 0.3) is 5.91 Å². The Bertz CT molecular complexity index is 1280. The summed E-state index contributed by atoms with van der Waals surface area (Å²) in [6, 6.07) is 7.28. The lowest BCUT2D eigenvalue weighted by Gasteiger charge is -2.33. The van der Waals surface area contributed by atoms with Gasteiger partial charge in [0.2, 0.25) is 0 Å². The van der Waals surface area contributed by atoms with E-state index < -0.39 is 0 Å². The lowest BCUT2D eigenvalue weighted by molar-refractivity contribution is 0.102. The number of aryl methyl sites for hydroxylation is 1. The molecule has 4 aromatic rings. The van der Waals surface area contributed by atoms with Crippen molar-refractivity contribution in [3.05, 3.63) is 60.5 Å². The number of piperazine rings is 1. The third kappa shape index (κ3) is 4.15. The number of pyridine rings is 3. The molecule has 1 fully saturated rings. The van der Waals surface area contributed by atoms with Crippen LogP contribution in [0.5, 0.6) is 0 Å². The van der Waals surface area contributed by atoms with E-state index in [4.69, 9.17) is 4.42 Å². The molecule has 0 aliphatic carbocycles. The quantitative estimate of drug-likeness (QED) is 0.528. The maximum atomic E-state index is 12.9. The molecule has 9 nitrogen and oxygen atoms in total. The molecule has 0 atom stereocenters. The topological polar surface area (TPSA) is 100 Å². The zero-order chi connectivity index (χ0) is 22.1. The number of anilines is 2. The van der Waals surface area contributed by atoms with Crippen LogP contribution >= 0.6 is 0 Å². The van der Waals surface area contributed by atoms with Crippen LogP contribution in [0.2, 0.25) is 0 Å². The molecule has 0 aromatic carbocycles. The van der Waals surface area contributed by atoms with E-state index in [1.54, 1.807) is 43.8 Å². The van der Waals surface area contributed by atoms with Gasteiger partial charge in [-0.1, -0.05) is 0 Å². The molecule has 0 bridgehead atoms. The number of nitrogens with zero attached hydrogens (tertiary/aromatic N) is 6. The van der Waals surface area contributed by atoms with Crippen molar-refractivity contribution in [1.29, 1.82) is 0 Å². The van der Waals surface area contributed by atoms with Gasteiger partial charge >= 0.3 is 0 Å². The Morgan fingerprint density at radius 1 is 1.00 bits per heavy atom. The number of carbonyl (C=O) groups excluding carboxylic acids is 1. The van der Waals surface area contributed by atoms with E-state index in [0.717, 1.165) is 48.5 Å². The molecule has 1 aliphatic heterocycles. The number of rotatable bonds is 4. The summed E-state index contributed by atoms with van der Waals surface area (Å²) in [6.45, 7) is 5.52. The monoisotopic (exact) mass is 429 g/mol. The number of nitrogens with one attached hydrogen (secondary N) is 1. The van der Waals surface area contributed by atoms with Crippen LogP contribution in [-0.2, 0) is 0 Å². The van der Waals surface area contributed by atoms with Gasteiger partial charge in [-0.3, -0.25) is 9.78 Å². The normalized spacial score (nSPS) is 14.6. The first kappa shape index (κ1) is 20.1. The van der Waals surface area contributed by atoms with Crippen LogP contribution in [0.4, 0.5) is 11.6 Å². The van der Waals surface area contributed by atoms with Crippen LogP contribution in [0, 0.1) is 6.92 Å². The van der Waals surface area contributed by atoms with E-state index in [0.29, 0.717) is 23.0 Å². The minimum Gasteiger partial charge on any atom is -0.441 e. The Morgan fingerprint density at radius 2 is 1.84 bits per heavy atom. The second-order valence-corrected chi connectivity index (χ2v) is 7.88. The molecule has 1 N–H and O–H groups in total. The number of aromatic nitrogens is 4. The number of hydrogen-bond donors (Lipinski definition) is 1. The van der Waals surface area contributed by atoms with E-state index >= 15 is 0 Å². The summed E-state index contributed by atoms with van der Waals surface area (Å²) in [4.78, 5) is 34.7. The number of carbonyl (C=O) groups is 1. The average Bonchev–Trinajstić information content (AvgIpc) is 3.25. The van der Waals surface area contributed by atoms with Crippen molar-refractivity contribution in [3.8, 4) is 11.3 Å². The molecule has 162 valence electrons. The summed E-state index contributed by atoms with van der Waals surface area (Å²) >= 11 is 0. The smallest absolute Gasteiger partial charge is 0.257 e. The summed E-state index contributed by atoms with van der Waals surface area (Å²) in [5.41, 5.74) is 2.08. The van der Waals surface area contributed by atoms with E-state index in [1.165, 1.54) is 0 Å². The Hall–Kier alpha value is -3.85. The predicted molar refractivity (Wildman–Crippen MR) is 122 cm³/mol. The van der Waals surface area contributed by atoms with Crippen LogP contribution in [0.1, 0.15) is 16.2 Å². The first-order valence-corrected chi connectivity index (χ1v) is 10.4. The van der Waals surface area contributed by atoms with Gasteiger partial charge < -0.3 is 19.5 Å². The van der Waals surface area contributed by atoms with Gasteiger partial charge in [-0.05, 0) is 31.3 Å². The molecular formula is C23H23N7O2. The molecule has 9 heteroatoms. The summed E-state index contributed by atoms with van der Waals surface area (Å²) in [6.07, 6.45) is 6.71. The number of fused-ring (bicyclic) bond motifs is 1. The van der Waals surface area contributed by atoms with Crippen molar-refractivity contribution in [1.82, 2.24) is 24.8 Å². The van der Waals surface area contributed by atoms with Crippen molar-refractivity contribution >= 4 is 28.4 Å². The molecule has 5 rings (SSSR count). The zero-order valence-electron chi connectivity index (χ0n) is 17.9. The minimum absolute atomic E-state index is 0.232. The first-order valence-electron chi connectivity index (χ1n) is 10.4.